The van der Waals surface area contributed by atoms with Crippen molar-refractivity contribution in [2.45, 2.75) is 13.8 Å². The van der Waals surface area contributed by atoms with Crippen molar-refractivity contribution in [2.75, 3.05) is 6.61 Å². The van der Waals surface area contributed by atoms with E-state index in [2.05, 4.69) is 0 Å². The number of aldehydes is 1. The van der Waals surface area contributed by atoms with Crippen LogP contribution < -0.4 is 0 Å². The van der Waals surface area contributed by atoms with Gasteiger partial charge in [-0.2, -0.15) is 0 Å². The van der Waals surface area contributed by atoms with Gasteiger partial charge in [-0.3, -0.25) is 4.79 Å². The second-order valence-corrected chi connectivity index (χ2v) is 3.03. The highest BCUT2D eigenvalue weighted by Gasteiger charge is 2.14. The van der Waals surface area contributed by atoms with Gasteiger partial charge in [-0.15, -0.1) is 0 Å². The van der Waals surface area contributed by atoms with Gasteiger partial charge in [0.25, 0.3) is 0 Å². The highest BCUT2D eigenvalue weighted by Crippen LogP contribution is 2.15. The fraction of sp³-hybridized carbons (Fsp3) is 0.273. The van der Waals surface area contributed by atoms with Gasteiger partial charge in [0.2, 0.25) is 0 Å². The molecule has 1 aromatic rings. The Morgan fingerprint density at radius 1 is 1.53 bits per heavy atom. The number of carbonyl (C=O) groups excluding carboxylic acids is 2. The maximum absolute atomic E-state index is 13.2. The van der Waals surface area contributed by atoms with E-state index in [-0.39, 0.29) is 17.7 Å². The molecule has 0 bridgehead atoms. The normalized spacial score (nSPS) is 9.80. The van der Waals surface area contributed by atoms with Crippen molar-refractivity contribution in [3.05, 3.63) is 34.6 Å². The fourth-order valence-electron chi connectivity index (χ4n) is 1.19. The van der Waals surface area contributed by atoms with E-state index in [9.17, 15) is 14.0 Å². The predicted octanol–water partition coefficient (Wildman–Crippen LogP) is 2.12. The molecular weight excluding hydrogens is 199 g/mol. The van der Waals surface area contributed by atoms with E-state index in [1.807, 2.05) is 0 Å². The molecule has 0 unspecified atom stereocenters. The lowest BCUT2D eigenvalue weighted by Crippen LogP contribution is -2.09. The van der Waals surface area contributed by atoms with Gasteiger partial charge < -0.3 is 4.74 Å². The molecule has 0 atom stereocenters. The zero-order valence-corrected chi connectivity index (χ0v) is 8.54. The molecular formula is C11H11FO3. The smallest absolute Gasteiger partial charge is 0.338 e. The molecule has 0 amide bonds. The molecule has 0 saturated heterocycles. The van der Waals surface area contributed by atoms with Crippen molar-refractivity contribution in [3.8, 4) is 0 Å². The standard InChI is InChI=1S/C11H11FO3/c1-3-15-11(14)9-5-10(12)7(2)4-8(9)6-13/h4-6H,3H2,1-2H3. The van der Waals surface area contributed by atoms with Crippen LogP contribution in [0.4, 0.5) is 4.39 Å². The zero-order valence-electron chi connectivity index (χ0n) is 8.54. The summed E-state index contributed by atoms with van der Waals surface area (Å²) >= 11 is 0. The quantitative estimate of drug-likeness (QED) is 0.567. The SMILES string of the molecule is CCOC(=O)c1cc(F)c(C)cc1C=O. The third-order valence-electron chi connectivity index (χ3n) is 1.95. The molecule has 0 fully saturated rings. The molecule has 80 valence electrons. The van der Waals surface area contributed by atoms with E-state index in [0.717, 1.165) is 6.07 Å². The average molecular weight is 210 g/mol. The first-order valence-corrected chi connectivity index (χ1v) is 4.52. The summed E-state index contributed by atoms with van der Waals surface area (Å²) < 4.78 is 17.9. The Morgan fingerprint density at radius 2 is 2.20 bits per heavy atom. The van der Waals surface area contributed by atoms with Crippen molar-refractivity contribution >= 4 is 12.3 Å². The summed E-state index contributed by atoms with van der Waals surface area (Å²) in [5.41, 5.74) is 0.437. The molecule has 0 spiro atoms. The first kappa shape index (κ1) is 11.4. The summed E-state index contributed by atoms with van der Waals surface area (Å²) in [6, 6.07) is 2.35. The van der Waals surface area contributed by atoms with Crippen LogP contribution in [-0.4, -0.2) is 18.9 Å². The van der Waals surface area contributed by atoms with Crippen LogP contribution >= 0.6 is 0 Å². The van der Waals surface area contributed by atoms with Crippen molar-refractivity contribution in [2.24, 2.45) is 0 Å². The summed E-state index contributed by atoms with van der Waals surface area (Å²) in [5, 5.41) is 0. The van der Waals surface area contributed by atoms with Gasteiger partial charge in [-0.25, -0.2) is 9.18 Å². The van der Waals surface area contributed by atoms with Gasteiger partial charge in [0.15, 0.2) is 6.29 Å². The number of ether oxygens (including phenoxy) is 1. The number of hydrogen-bond donors (Lipinski definition) is 0. The minimum atomic E-state index is -0.682. The monoisotopic (exact) mass is 210 g/mol. The summed E-state index contributed by atoms with van der Waals surface area (Å²) in [5.74, 6) is -1.21. The van der Waals surface area contributed by atoms with Crippen LogP contribution in [0.3, 0.4) is 0 Å². The first-order chi connectivity index (χ1) is 7.10. The Bertz CT molecular complexity index is 399. The first-order valence-electron chi connectivity index (χ1n) is 4.52. The molecule has 3 nitrogen and oxygen atoms in total. The van der Waals surface area contributed by atoms with E-state index in [1.165, 1.54) is 13.0 Å². The summed E-state index contributed by atoms with van der Waals surface area (Å²) in [6.45, 7) is 3.35. The summed E-state index contributed by atoms with van der Waals surface area (Å²) in [6.07, 6.45) is 0.513. The third-order valence-corrected chi connectivity index (χ3v) is 1.95. The van der Waals surface area contributed by atoms with Crippen LogP contribution in [0.2, 0.25) is 0 Å². The molecule has 0 aliphatic heterocycles. The van der Waals surface area contributed by atoms with Gasteiger partial charge in [0.05, 0.1) is 12.2 Å². The molecule has 0 aromatic heterocycles. The van der Waals surface area contributed by atoms with Crippen LogP contribution in [0.25, 0.3) is 0 Å². The molecule has 0 saturated carbocycles. The van der Waals surface area contributed by atoms with Crippen LogP contribution in [0.5, 0.6) is 0 Å². The van der Waals surface area contributed by atoms with E-state index < -0.39 is 11.8 Å². The number of rotatable bonds is 3. The van der Waals surface area contributed by atoms with Gasteiger partial charge in [0.1, 0.15) is 5.82 Å². The van der Waals surface area contributed by atoms with Crippen molar-refractivity contribution in [1.82, 2.24) is 0 Å². The van der Waals surface area contributed by atoms with E-state index in [0.29, 0.717) is 11.8 Å². The predicted molar refractivity (Wildman–Crippen MR) is 52.5 cm³/mol. The Labute approximate surface area is 86.9 Å². The van der Waals surface area contributed by atoms with E-state index >= 15 is 0 Å². The Morgan fingerprint density at radius 3 is 2.73 bits per heavy atom. The highest BCUT2D eigenvalue weighted by molar-refractivity contribution is 5.98. The lowest BCUT2D eigenvalue weighted by molar-refractivity contribution is 0.0523. The molecule has 0 N–H and O–H groups in total. The molecule has 0 aliphatic rings. The topological polar surface area (TPSA) is 43.4 Å². The lowest BCUT2D eigenvalue weighted by Gasteiger charge is -2.06. The van der Waals surface area contributed by atoms with Crippen LogP contribution in [0, 0.1) is 12.7 Å². The molecule has 0 heterocycles. The minimum Gasteiger partial charge on any atom is -0.462 e. The second kappa shape index (κ2) is 4.68. The zero-order chi connectivity index (χ0) is 11.4. The van der Waals surface area contributed by atoms with Crippen LogP contribution in [0.1, 0.15) is 33.2 Å². The van der Waals surface area contributed by atoms with Crippen molar-refractivity contribution in [1.29, 1.82) is 0 Å². The Kier molecular flexibility index (Phi) is 3.55. The minimum absolute atomic E-state index is 0.0325. The largest absolute Gasteiger partial charge is 0.462 e. The lowest BCUT2D eigenvalue weighted by atomic mass is 10.1. The maximum Gasteiger partial charge on any atom is 0.338 e. The number of esters is 1. The molecule has 4 heteroatoms. The van der Waals surface area contributed by atoms with Crippen LogP contribution in [0.15, 0.2) is 12.1 Å². The van der Waals surface area contributed by atoms with E-state index in [4.69, 9.17) is 4.74 Å². The third kappa shape index (κ3) is 2.40. The molecule has 15 heavy (non-hydrogen) atoms. The molecule has 0 radical (unpaired) electrons. The molecule has 1 rings (SSSR count). The van der Waals surface area contributed by atoms with Gasteiger partial charge >= 0.3 is 5.97 Å². The number of hydrogen-bond acceptors (Lipinski definition) is 3. The Hall–Kier alpha value is -1.71. The van der Waals surface area contributed by atoms with Crippen molar-refractivity contribution in [3.63, 3.8) is 0 Å². The van der Waals surface area contributed by atoms with Gasteiger partial charge in [-0.05, 0) is 31.5 Å². The fourth-order valence-corrected chi connectivity index (χ4v) is 1.19. The summed E-state index contributed by atoms with van der Waals surface area (Å²) in [7, 11) is 0. The van der Waals surface area contributed by atoms with Gasteiger partial charge in [0, 0.05) is 5.56 Å². The molecule has 0 aliphatic carbocycles. The second-order valence-electron chi connectivity index (χ2n) is 3.03. The number of carbonyl (C=O) groups is 2. The molecule has 1 aromatic carbocycles. The summed E-state index contributed by atoms with van der Waals surface area (Å²) in [4.78, 5) is 22.0. The Balaban J connectivity index is 3.21. The van der Waals surface area contributed by atoms with E-state index in [1.54, 1.807) is 6.92 Å². The maximum atomic E-state index is 13.2. The number of benzene rings is 1. The van der Waals surface area contributed by atoms with Gasteiger partial charge in [-0.1, -0.05) is 0 Å². The number of aryl methyl sites for hydroxylation is 1. The number of halogens is 1. The average Bonchev–Trinajstić information content (AvgIpc) is 2.21. The van der Waals surface area contributed by atoms with Crippen molar-refractivity contribution < 1.29 is 18.7 Å². The highest BCUT2D eigenvalue weighted by atomic mass is 19.1. The van der Waals surface area contributed by atoms with Crippen LogP contribution in [-0.2, 0) is 4.74 Å².